The second-order valence-electron chi connectivity index (χ2n) is 8.47. The monoisotopic (exact) mass is 409 g/mol. The van der Waals surface area contributed by atoms with Gasteiger partial charge in [-0.05, 0) is 63.2 Å². The summed E-state index contributed by atoms with van der Waals surface area (Å²) in [4.78, 5) is 15.3. The average molecular weight is 410 g/mol. The Bertz CT molecular complexity index is 726. The molecule has 2 atom stereocenters. The van der Waals surface area contributed by atoms with Crippen LogP contribution in [0.15, 0.2) is 29.2 Å². The molecule has 1 heterocycles. The summed E-state index contributed by atoms with van der Waals surface area (Å²) in [6.07, 6.45) is 2.95. The van der Waals surface area contributed by atoms with Gasteiger partial charge in [0, 0.05) is 13.1 Å². The second-order valence-corrected chi connectivity index (χ2v) is 10.2. The Labute approximate surface area is 170 Å². The zero-order valence-corrected chi connectivity index (χ0v) is 18.4. The molecule has 0 aliphatic carbocycles. The summed E-state index contributed by atoms with van der Waals surface area (Å²) in [6, 6.07) is 5.88. The normalized spacial score (nSPS) is 17.6. The molecule has 2 N–H and O–H groups in total. The molecule has 1 aliphatic heterocycles. The quantitative estimate of drug-likeness (QED) is 0.622. The topological polar surface area (TPSA) is 78.5 Å². The van der Waals surface area contributed by atoms with Crippen molar-refractivity contribution in [2.24, 2.45) is 11.8 Å². The first kappa shape index (κ1) is 22.8. The summed E-state index contributed by atoms with van der Waals surface area (Å²) >= 11 is 0. The molecule has 2 unspecified atom stereocenters. The highest BCUT2D eigenvalue weighted by atomic mass is 32.2. The van der Waals surface area contributed by atoms with Crippen molar-refractivity contribution in [3.63, 3.8) is 0 Å². The van der Waals surface area contributed by atoms with E-state index in [0.29, 0.717) is 18.9 Å². The zero-order valence-electron chi connectivity index (χ0n) is 17.6. The number of carbonyl (C=O) groups excluding carboxylic acids is 1. The first-order valence-electron chi connectivity index (χ1n) is 10.3. The van der Waals surface area contributed by atoms with Crippen molar-refractivity contribution in [3.8, 4) is 0 Å². The maximum atomic E-state index is 12.7. The van der Waals surface area contributed by atoms with Crippen molar-refractivity contribution in [1.82, 2.24) is 14.9 Å². The van der Waals surface area contributed by atoms with Crippen LogP contribution < -0.4 is 10.0 Å². The lowest BCUT2D eigenvalue weighted by Crippen LogP contribution is -2.48. The molecule has 1 aromatic rings. The molecular formula is C21H35N3O3S. The molecule has 28 heavy (non-hydrogen) atoms. The van der Waals surface area contributed by atoms with Crippen molar-refractivity contribution in [1.29, 1.82) is 0 Å². The summed E-state index contributed by atoms with van der Waals surface area (Å²) in [7, 11) is -3.74. The molecule has 1 aliphatic rings. The van der Waals surface area contributed by atoms with E-state index in [9.17, 15) is 13.2 Å². The number of hydrogen-bond acceptors (Lipinski definition) is 4. The summed E-state index contributed by atoms with van der Waals surface area (Å²) in [5, 5.41) is 2.95. The van der Waals surface area contributed by atoms with Crippen molar-refractivity contribution < 1.29 is 13.2 Å². The van der Waals surface area contributed by atoms with Crippen LogP contribution in [0.4, 0.5) is 0 Å². The van der Waals surface area contributed by atoms with E-state index in [1.165, 1.54) is 12.8 Å². The van der Waals surface area contributed by atoms with E-state index in [1.807, 2.05) is 20.8 Å². The van der Waals surface area contributed by atoms with Crippen LogP contribution in [0.25, 0.3) is 0 Å². The van der Waals surface area contributed by atoms with Gasteiger partial charge in [0.1, 0.15) is 6.04 Å². The molecule has 0 bridgehead atoms. The Kier molecular flexibility index (Phi) is 8.46. The van der Waals surface area contributed by atoms with Gasteiger partial charge in [0.2, 0.25) is 15.9 Å². The fourth-order valence-electron chi connectivity index (χ4n) is 3.52. The molecule has 2 rings (SSSR count). The number of carbonyl (C=O) groups is 1. The molecule has 7 heteroatoms. The predicted octanol–water partition coefficient (Wildman–Crippen LogP) is 2.54. The minimum Gasteiger partial charge on any atom is -0.354 e. The Hall–Kier alpha value is -1.44. The number of nitrogens with one attached hydrogen (secondary N) is 2. The molecule has 0 saturated carbocycles. The molecule has 0 radical (unpaired) electrons. The lowest BCUT2D eigenvalue weighted by Gasteiger charge is -2.23. The lowest BCUT2D eigenvalue weighted by atomic mass is 10.0. The van der Waals surface area contributed by atoms with Crippen molar-refractivity contribution in [2.45, 2.75) is 57.9 Å². The third-order valence-electron chi connectivity index (χ3n) is 5.05. The third-order valence-corrected chi connectivity index (χ3v) is 6.53. The number of sulfonamides is 1. The van der Waals surface area contributed by atoms with E-state index in [2.05, 4.69) is 21.9 Å². The fraction of sp³-hybridized carbons (Fsp3) is 0.667. The summed E-state index contributed by atoms with van der Waals surface area (Å²) in [5.74, 6) is 0.270. The Balaban J connectivity index is 1.97. The van der Waals surface area contributed by atoms with Gasteiger partial charge in [-0.3, -0.25) is 4.79 Å². The van der Waals surface area contributed by atoms with Crippen LogP contribution in [0.5, 0.6) is 0 Å². The van der Waals surface area contributed by atoms with E-state index < -0.39 is 16.1 Å². The molecule has 1 fully saturated rings. The van der Waals surface area contributed by atoms with E-state index in [0.717, 1.165) is 25.2 Å². The largest absolute Gasteiger partial charge is 0.354 e. The number of nitrogens with zero attached hydrogens (tertiary/aromatic N) is 1. The maximum absolute atomic E-state index is 12.7. The van der Waals surface area contributed by atoms with E-state index in [-0.39, 0.29) is 16.7 Å². The number of aryl methyl sites for hydroxylation is 1. The molecule has 158 valence electrons. The molecule has 0 spiro atoms. The van der Waals surface area contributed by atoms with Crippen LogP contribution in [-0.4, -0.2) is 51.4 Å². The van der Waals surface area contributed by atoms with Crippen molar-refractivity contribution in [3.05, 3.63) is 29.8 Å². The number of hydrogen-bond donors (Lipinski definition) is 2. The summed E-state index contributed by atoms with van der Waals surface area (Å²) < 4.78 is 28.0. The van der Waals surface area contributed by atoms with Crippen molar-refractivity contribution >= 4 is 15.9 Å². The van der Waals surface area contributed by atoms with Gasteiger partial charge in [0.25, 0.3) is 0 Å². The minimum atomic E-state index is -3.74. The van der Waals surface area contributed by atoms with Crippen LogP contribution in [-0.2, 0) is 14.8 Å². The molecule has 0 aromatic heterocycles. The van der Waals surface area contributed by atoms with Crippen LogP contribution in [0, 0.1) is 18.8 Å². The molecular weight excluding hydrogens is 374 g/mol. The van der Waals surface area contributed by atoms with Gasteiger partial charge >= 0.3 is 0 Å². The predicted molar refractivity (Wildman–Crippen MR) is 113 cm³/mol. The minimum absolute atomic E-state index is 0.182. The van der Waals surface area contributed by atoms with Crippen LogP contribution in [0.2, 0.25) is 0 Å². The third kappa shape index (κ3) is 7.18. The Morgan fingerprint density at radius 1 is 1.11 bits per heavy atom. The Morgan fingerprint density at radius 3 is 2.29 bits per heavy atom. The summed E-state index contributed by atoms with van der Waals surface area (Å²) in [6.45, 7) is 11.8. The number of likely N-dealkylation sites (tertiary alicyclic amines) is 1. The van der Waals surface area contributed by atoms with Crippen molar-refractivity contribution in [2.75, 3.05) is 26.2 Å². The first-order chi connectivity index (χ1) is 13.2. The fourth-order valence-corrected chi connectivity index (χ4v) is 4.73. The molecule has 1 aromatic carbocycles. The summed E-state index contributed by atoms with van der Waals surface area (Å²) in [5.41, 5.74) is 0.988. The van der Waals surface area contributed by atoms with Gasteiger partial charge in [-0.2, -0.15) is 4.72 Å². The van der Waals surface area contributed by atoms with E-state index >= 15 is 0 Å². The average Bonchev–Trinajstić information content (AvgIpc) is 3.11. The maximum Gasteiger partial charge on any atom is 0.241 e. The first-order valence-corrected chi connectivity index (χ1v) is 11.7. The Morgan fingerprint density at radius 2 is 1.71 bits per heavy atom. The van der Waals surface area contributed by atoms with Gasteiger partial charge in [0.05, 0.1) is 4.90 Å². The SMILES string of the molecule is Cc1ccc(S(=O)(=O)NC(CC(C)C)C(=O)NCC(C)CN2CCCC2)cc1. The van der Waals surface area contributed by atoms with Gasteiger partial charge in [0.15, 0.2) is 0 Å². The van der Waals surface area contributed by atoms with E-state index in [4.69, 9.17) is 0 Å². The van der Waals surface area contributed by atoms with Crippen LogP contribution in [0.1, 0.15) is 45.6 Å². The number of amides is 1. The van der Waals surface area contributed by atoms with Gasteiger partial charge in [-0.15, -0.1) is 0 Å². The number of benzene rings is 1. The highest BCUT2D eigenvalue weighted by Crippen LogP contribution is 2.14. The number of rotatable bonds is 10. The van der Waals surface area contributed by atoms with Gasteiger partial charge in [-0.1, -0.05) is 38.5 Å². The smallest absolute Gasteiger partial charge is 0.241 e. The molecule has 1 amide bonds. The molecule has 1 saturated heterocycles. The van der Waals surface area contributed by atoms with Crippen LogP contribution >= 0.6 is 0 Å². The van der Waals surface area contributed by atoms with Gasteiger partial charge in [-0.25, -0.2) is 8.42 Å². The highest BCUT2D eigenvalue weighted by Gasteiger charge is 2.27. The molecule has 6 nitrogen and oxygen atoms in total. The van der Waals surface area contributed by atoms with E-state index in [1.54, 1.807) is 24.3 Å². The van der Waals surface area contributed by atoms with Gasteiger partial charge < -0.3 is 10.2 Å². The lowest BCUT2D eigenvalue weighted by molar-refractivity contribution is -0.123. The highest BCUT2D eigenvalue weighted by molar-refractivity contribution is 7.89. The standard InChI is InChI=1S/C21H35N3O3S/c1-16(2)13-20(23-28(26,27)19-9-7-17(3)8-10-19)21(25)22-14-18(4)15-24-11-5-6-12-24/h7-10,16,18,20,23H,5-6,11-15H2,1-4H3,(H,22,25). The second kappa shape index (κ2) is 10.4. The zero-order chi connectivity index (χ0) is 20.7. The van der Waals surface area contributed by atoms with Crippen LogP contribution in [0.3, 0.4) is 0 Å².